The molecule has 14 heavy (non-hydrogen) atoms. The minimum absolute atomic E-state index is 0.00676. The van der Waals surface area contributed by atoms with Crippen molar-refractivity contribution in [3.63, 3.8) is 0 Å². The van der Waals surface area contributed by atoms with Crippen molar-refractivity contribution in [2.75, 3.05) is 0 Å². The van der Waals surface area contributed by atoms with Crippen molar-refractivity contribution < 1.29 is 8.78 Å². The van der Waals surface area contributed by atoms with E-state index in [9.17, 15) is 8.78 Å². The molecule has 2 rings (SSSR count). The SMILES string of the molecule is N#Cc1ccc(C2CC2(F)F)nc1Cl. The summed E-state index contributed by atoms with van der Waals surface area (Å²) in [5.74, 6) is -3.47. The van der Waals surface area contributed by atoms with Gasteiger partial charge >= 0.3 is 0 Å². The van der Waals surface area contributed by atoms with Crippen LogP contribution in [-0.2, 0) is 0 Å². The van der Waals surface area contributed by atoms with Crippen molar-refractivity contribution in [2.45, 2.75) is 18.3 Å². The number of hydrogen-bond acceptors (Lipinski definition) is 2. The Hall–Kier alpha value is -1.21. The summed E-state index contributed by atoms with van der Waals surface area (Å²) >= 11 is 5.62. The quantitative estimate of drug-likeness (QED) is 0.674. The lowest BCUT2D eigenvalue weighted by molar-refractivity contribution is 0.111. The van der Waals surface area contributed by atoms with Crippen LogP contribution in [0.2, 0.25) is 5.15 Å². The predicted molar refractivity (Wildman–Crippen MR) is 46.3 cm³/mol. The summed E-state index contributed by atoms with van der Waals surface area (Å²) in [6.45, 7) is 0. The number of nitrogens with zero attached hydrogens (tertiary/aromatic N) is 2. The van der Waals surface area contributed by atoms with Gasteiger partial charge in [-0.25, -0.2) is 13.8 Å². The number of rotatable bonds is 1. The number of alkyl halides is 2. The second-order valence-corrected chi connectivity index (χ2v) is 3.56. The van der Waals surface area contributed by atoms with Crippen molar-refractivity contribution in [3.05, 3.63) is 28.5 Å². The highest BCUT2D eigenvalue weighted by Gasteiger charge is 2.58. The smallest absolute Gasteiger partial charge is 0.239 e. The van der Waals surface area contributed by atoms with Crippen LogP contribution >= 0.6 is 11.6 Å². The predicted octanol–water partition coefficient (Wildman–Crippen LogP) is 2.73. The number of halogens is 3. The molecule has 0 spiro atoms. The summed E-state index contributed by atoms with van der Waals surface area (Å²) in [4.78, 5) is 3.76. The zero-order chi connectivity index (χ0) is 10.3. The Morgan fingerprint density at radius 3 is 2.64 bits per heavy atom. The second-order valence-electron chi connectivity index (χ2n) is 3.20. The van der Waals surface area contributed by atoms with Gasteiger partial charge < -0.3 is 0 Å². The third-order valence-corrected chi connectivity index (χ3v) is 2.46. The molecule has 1 aliphatic carbocycles. The highest BCUT2D eigenvalue weighted by molar-refractivity contribution is 6.30. The number of aromatic nitrogens is 1. The molecule has 1 aliphatic rings. The van der Waals surface area contributed by atoms with Gasteiger partial charge in [0.15, 0.2) is 0 Å². The van der Waals surface area contributed by atoms with Gasteiger partial charge in [-0.3, -0.25) is 0 Å². The van der Waals surface area contributed by atoms with E-state index in [1.54, 1.807) is 0 Å². The molecule has 1 heterocycles. The molecule has 5 heteroatoms. The molecule has 72 valence electrons. The molecule has 0 aromatic carbocycles. The van der Waals surface area contributed by atoms with Crippen LogP contribution in [0.25, 0.3) is 0 Å². The maximum absolute atomic E-state index is 12.6. The molecule has 1 fully saturated rings. The van der Waals surface area contributed by atoms with Crippen molar-refractivity contribution in [1.29, 1.82) is 5.26 Å². The van der Waals surface area contributed by atoms with Gasteiger partial charge in [-0.15, -0.1) is 0 Å². The Balaban J connectivity index is 2.32. The zero-order valence-corrected chi connectivity index (χ0v) is 7.72. The van der Waals surface area contributed by atoms with Gasteiger partial charge in [-0.05, 0) is 12.1 Å². The van der Waals surface area contributed by atoms with E-state index in [4.69, 9.17) is 16.9 Å². The molecular weight excluding hydrogens is 210 g/mol. The molecule has 2 nitrogen and oxygen atoms in total. The standard InChI is InChI=1S/C9H5ClF2N2/c10-8-5(4-13)1-2-7(14-8)6-3-9(6,11)12/h1-2,6H,3H2. The number of hydrogen-bond donors (Lipinski definition) is 0. The fraction of sp³-hybridized carbons (Fsp3) is 0.333. The van der Waals surface area contributed by atoms with Crippen LogP contribution in [0, 0.1) is 11.3 Å². The van der Waals surface area contributed by atoms with Gasteiger partial charge in [-0.2, -0.15) is 5.26 Å². The van der Waals surface area contributed by atoms with Crippen molar-refractivity contribution in [2.24, 2.45) is 0 Å². The van der Waals surface area contributed by atoms with Crippen molar-refractivity contribution in [1.82, 2.24) is 4.98 Å². The molecule has 0 N–H and O–H groups in total. The first-order chi connectivity index (χ1) is 6.54. The van der Waals surface area contributed by atoms with Crippen LogP contribution in [0.3, 0.4) is 0 Å². The van der Waals surface area contributed by atoms with E-state index in [0.717, 1.165) is 0 Å². The second kappa shape index (κ2) is 2.89. The summed E-state index contributed by atoms with van der Waals surface area (Å²) in [6.07, 6.45) is -0.178. The van der Waals surface area contributed by atoms with E-state index in [1.807, 2.05) is 6.07 Å². The largest absolute Gasteiger partial charge is 0.257 e. The van der Waals surface area contributed by atoms with E-state index >= 15 is 0 Å². The Morgan fingerprint density at radius 1 is 1.57 bits per heavy atom. The monoisotopic (exact) mass is 214 g/mol. The maximum atomic E-state index is 12.6. The van der Waals surface area contributed by atoms with Gasteiger partial charge in [0.2, 0.25) is 0 Å². The molecule has 1 atom stereocenters. The van der Waals surface area contributed by atoms with Gasteiger partial charge in [0, 0.05) is 6.42 Å². The normalized spacial score (nSPS) is 22.9. The lowest BCUT2D eigenvalue weighted by Gasteiger charge is -1.99. The molecular formula is C9H5ClF2N2. The average Bonchev–Trinajstić information content (AvgIpc) is 2.75. The molecule has 0 amide bonds. The Labute approximate surface area is 84.1 Å². The van der Waals surface area contributed by atoms with E-state index in [1.165, 1.54) is 12.1 Å². The first kappa shape index (κ1) is 9.35. The summed E-state index contributed by atoms with van der Waals surface area (Å²) in [5.41, 5.74) is 0.471. The van der Waals surface area contributed by atoms with E-state index in [-0.39, 0.29) is 22.8 Å². The fourth-order valence-corrected chi connectivity index (χ4v) is 1.46. The first-order valence-corrected chi connectivity index (χ1v) is 4.37. The summed E-state index contributed by atoms with van der Waals surface area (Å²) in [6, 6.07) is 4.66. The highest BCUT2D eigenvalue weighted by atomic mass is 35.5. The minimum atomic E-state index is -2.65. The summed E-state index contributed by atoms with van der Waals surface area (Å²) < 4.78 is 25.3. The average molecular weight is 215 g/mol. The maximum Gasteiger partial charge on any atom is 0.257 e. The molecule has 1 aromatic rings. The lowest BCUT2D eigenvalue weighted by Crippen LogP contribution is -1.96. The molecule has 1 aromatic heterocycles. The molecule has 1 saturated carbocycles. The third kappa shape index (κ3) is 1.44. The number of nitriles is 1. The van der Waals surface area contributed by atoms with E-state index < -0.39 is 11.8 Å². The van der Waals surface area contributed by atoms with Crippen LogP contribution in [0.1, 0.15) is 23.6 Å². The van der Waals surface area contributed by atoms with Gasteiger partial charge in [-0.1, -0.05) is 11.6 Å². The van der Waals surface area contributed by atoms with Crippen LogP contribution in [0.4, 0.5) is 8.78 Å². The molecule has 0 radical (unpaired) electrons. The van der Waals surface area contributed by atoms with Gasteiger partial charge in [0.05, 0.1) is 17.2 Å². The Kier molecular flexibility index (Phi) is 1.93. The minimum Gasteiger partial charge on any atom is -0.239 e. The fourth-order valence-electron chi connectivity index (χ4n) is 1.26. The Morgan fingerprint density at radius 2 is 2.21 bits per heavy atom. The molecule has 0 saturated heterocycles. The molecule has 0 bridgehead atoms. The van der Waals surface area contributed by atoms with Crippen LogP contribution < -0.4 is 0 Å². The molecule has 0 aliphatic heterocycles. The summed E-state index contributed by atoms with van der Waals surface area (Å²) in [7, 11) is 0. The van der Waals surface area contributed by atoms with Crippen molar-refractivity contribution in [3.8, 4) is 6.07 Å². The van der Waals surface area contributed by atoms with Crippen LogP contribution in [0.5, 0.6) is 0 Å². The van der Waals surface area contributed by atoms with Gasteiger partial charge in [0.1, 0.15) is 11.2 Å². The van der Waals surface area contributed by atoms with E-state index in [2.05, 4.69) is 4.98 Å². The first-order valence-electron chi connectivity index (χ1n) is 3.99. The van der Waals surface area contributed by atoms with E-state index in [0.29, 0.717) is 0 Å². The highest BCUT2D eigenvalue weighted by Crippen LogP contribution is 2.55. The topological polar surface area (TPSA) is 36.7 Å². The molecule has 1 unspecified atom stereocenters. The number of pyridine rings is 1. The third-order valence-electron chi connectivity index (χ3n) is 2.17. The van der Waals surface area contributed by atoms with Crippen LogP contribution in [0.15, 0.2) is 12.1 Å². The zero-order valence-electron chi connectivity index (χ0n) is 6.97. The Bertz CT molecular complexity index is 425. The summed E-state index contributed by atoms with van der Waals surface area (Å²) in [5, 5.41) is 8.54. The van der Waals surface area contributed by atoms with Crippen LogP contribution in [-0.4, -0.2) is 10.9 Å². The van der Waals surface area contributed by atoms with Gasteiger partial charge in [0.25, 0.3) is 5.92 Å². The van der Waals surface area contributed by atoms with Crippen molar-refractivity contribution >= 4 is 11.6 Å². The lowest BCUT2D eigenvalue weighted by atomic mass is 10.2.